The molecule has 4 aromatic rings. The topological polar surface area (TPSA) is 0 Å². The number of rotatable bonds is 3. The summed E-state index contributed by atoms with van der Waals surface area (Å²) in [5, 5.41) is 0.751. The molecule has 0 nitrogen and oxygen atoms in total. The van der Waals surface area contributed by atoms with Crippen LogP contribution in [-0.2, 0) is 0 Å². The molecule has 0 aromatic heterocycles. The van der Waals surface area contributed by atoms with Crippen LogP contribution in [0.4, 0.5) is 0 Å². The Hall–Kier alpha value is -2.83. The molecule has 0 saturated heterocycles. The highest BCUT2D eigenvalue weighted by molar-refractivity contribution is 6.31. The van der Waals surface area contributed by atoms with Crippen LogP contribution >= 0.6 is 11.6 Å². The van der Waals surface area contributed by atoms with Gasteiger partial charge in [0.05, 0.1) is 0 Å². The predicted octanol–water partition coefficient (Wildman–Crippen LogP) is 7.34. The molecular weight excluding hydrogens is 324 g/mol. The molecular formula is C24H17Cl. The Balaban J connectivity index is 1.79. The summed E-state index contributed by atoms with van der Waals surface area (Å²) in [5.41, 5.74) is 7.03. The molecule has 0 aliphatic heterocycles. The first-order valence-corrected chi connectivity index (χ1v) is 8.69. The third-order valence-electron chi connectivity index (χ3n) is 4.31. The Bertz CT molecular complexity index is 989. The molecule has 4 aromatic carbocycles. The zero-order chi connectivity index (χ0) is 17.1. The van der Waals surface area contributed by atoms with Crippen LogP contribution in [0.5, 0.6) is 0 Å². The summed E-state index contributed by atoms with van der Waals surface area (Å²) in [6.45, 7) is 0. The summed E-state index contributed by atoms with van der Waals surface area (Å²) < 4.78 is 0. The maximum Gasteiger partial charge on any atom is 0.0418 e. The van der Waals surface area contributed by atoms with Gasteiger partial charge in [0.25, 0.3) is 0 Å². The standard InChI is InChI=1S/C24H17Cl/c25-24-16-22(19-10-5-2-6-11-19)15-23(17-24)21-13-7-12-20(14-21)18-8-3-1-4-9-18/h1-17H. The molecule has 0 fully saturated rings. The number of halogens is 1. The fourth-order valence-electron chi connectivity index (χ4n) is 3.06. The van der Waals surface area contributed by atoms with Crippen LogP contribution in [-0.4, -0.2) is 0 Å². The Morgan fingerprint density at radius 3 is 1.36 bits per heavy atom. The molecule has 0 unspecified atom stereocenters. The Morgan fingerprint density at radius 1 is 0.360 bits per heavy atom. The molecule has 0 saturated carbocycles. The van der Waals surface area contributed by atoms with Crippen molar-refractivity contribution in [1.29, 1.82) is 0 Å². The summed E-state index contributed by atoms with van der Waals surface area (Å²) in [6.07, 6.45) is 0. The largest absolute Gasteiger partial charge is 0.0843 e. The van der Waals surface area contributed by atoms with Gasteiger partial charge in [0.15, 0.2) is 0 Å². The van der Waals surface area contributed by atoms with Crippen molar-refractivity contribution in [3.63, 3.8) is 0 Å². The molecule has 0 radical (unpaired) electrons. The lowest BCUT2D eigenvalue weighted by Crippen LogP contribution is -1.84. The third-order valence-corrected chi connectivity index (χ3v) is 4.53. The van der Waals surface area contributed by atoms with Crippen LogP contribution in [0, 0.1) is 0 Å². The molecule has 1 heteroatoms. The van der Waals surface area contributed by atoms with Gasteiger partial charge >= 0.3 is 0 Å². The van der Waals surface area contributed by atoms with Crippen molar-refractivity contribution in [2.24, 2.45) is 0 Å². The number of benzene rings is 4. The maximum absolute atomic E-state index is 6.41. The van der Waals surface area contributed by atoms with E-state index in [0.717, 1.165) is 16.1 Å². The SMILES string of the molecule is Clc1cc(-c2ccccc2)cc(-c2cccc(-c3ccccc3)c2)c1. The van der Waals surface area contributed by atoms with Crippen molar-refractivity contribution in [3.05, 3.63) is 108 Å². The summed E-state index contributed by atoms with van der Waals surface area (Å²) in [7, 11) is 0. The van der Waals surface area contributed by atoms with Gasteiger partial charge in [-0.25, -0.2) is 0 Å². The quantitative estimate of drug-likeness (QED) is 0.366. The monoisotopic (exact) mass is 340 g/mol. The lowest BCUT2D eigenvalue weighted by molar-refractivity contribution is 1.57. The summed E-state index contributed by atoms with van der Waals surface area (Å²) in [6, 6.07) is 35.6. The molecule has 0 aliphatic rings. The fourth-order valence-corrected chi connectivity index (χ4v) is 3.30. The molecule has 120 valence electrons. The van der Waals surface area contributed by atoms with Gasteiger partial charge in [0.2, 0.25) is 0 Å². The molecule has 0 bridgehead atoms. The van der Waals surface area contributed by atoms with E-state index in [1.165, 1.54) is 22.3 Å². The van der Waals surface area contributed by atoms with Gasteiger partial charge < -0.3 is 0 Å². The van der Waals surface area contributed by atoms with Crippen LogP contribution < -0.4 is 0 Å². The first-order valence-electron chi connectivity index (χ1n) is 8.31. The number of hydrogen-bond donors (Lipinski definition) is 0. The van der Waals surface area contributed by atoms with E-state index in [9.17, 15) is 0 Å². The highest BCUT2D eigenvalue weighted by atomic mass is 35.5. The average molecular weight is 341 g/mol. The zero-order valence-corrected chi connectivity index (χ0v) is 14.4. The van der Waals surface area contributed by atoms with Crippen LogP contribution in [0.15, 0.2) is 103 Å². The van der Waals surface area contributed by atoms with E-state index in [4.69, 9.17) is 11.6 Å². The Morgan fingerprint density at radius 2 is 0.760 bits per heavy atom. The first kappa shape index (κ1) is 15.7. The van der Waals surface area contributed by atoms with Crippen molar-refractivity contribution < 1.29 is 0 Å². The minimum Gasteiger partial charge on any atom is -0.0843 e. The molecule has 0 amide bonds. The lowest BCUT2D eigenvalue weighted by Gasteiger charge is -2.09. The minimum absolute atomic E-state index is 0.751. The first-order chi connectivity index (χ1) is 12.3. The zero-order valence-electron chi connectivity index (χ0n) is 13.7. The van der Waals surface area contributed by atoms with Gasteiger partial charge in [0, 0.05) is 5.02 Å². The predicted molar refractivity (Wildman–Crippen MR) is 108 cm³/mol. The van der Waals surface area contributed by atoms with Crippen molar-refractivity contribution >= 4 is 11.6 Å². The van der Waals surface area contributed by atoms with E-state index < -0.39 is 0 Å². The van der Waals surface area contributed by atoms with Crippen molar-refractivity contribution in [3.8, 4) is 33.4 Å². The van der Waals surface area contributed by atoms with Gasteiger partial charge in [-0.2, -0.15) is 0 Å². The molecule has 0 N–H and O–H groups in total. The maximum atomic E-state index is 6.41. The second kappa shape index (κ2) is 6.96. The second-order valence-electron chi connectivity index (χ2n) is 6.04. The van der Waals surface area contributed by atoms with E-state index in [2.05, 4.69) is 66.7 Å². The summed E-state index contributed by atoms with van der Waals surface area (Å²) in [5.74, 6) is 0. The molecule has 4 rings (SSSR count). The van der Waals surface area contributed by atoms with Crippen LogP contribution in [0.1, 0.15) is 0 Å². The van der Waals surface area contributed by atoms with Gasteiger partial charge in [-0.05, 0) is 57.6 Å². The highest BCUT2D eigenvalue weighted by Crippen LogP contribution is 2.32. The van der Waals surface area contributed by atoms with Gasteiger partial charge in [-0.15, -0.1) is 0 Å². The van der Waals surface area contributed by atoms with Gasteiger partial charge in [0.1, 0.15) is 0 Å². The normalized spacial score (nSPS) is 10.6. The Labute approximate surface area is 153 Å². The highest BCUT2D eigenvalue weighted by Gasteiger charge is 2.06. The number of hydrogen-bond acceptors (Lipinski definition) is 0. The van der Waals surface area contributed by atoms with Crippen molar-refractivity contribution in [1.82, 2.24) is 0 Å². The summed E-state index contributed by atoms with van der Waals surface area (Å²) >= 11 is 6.41. The van der Waals surface area contributed by atoms with E-state index >= 15 is 0 Å². The van der Waals surface area contributed by atoms with E-state index in [-0.39, 0.29) is 0 Å². The molecule has 0 atom stereocenters. The average Bonchev–Trinajstić information content (AvgIpc) is 2.69. The van der Waals surface area contributed by atoms with Crippen LogP contribution in [0.3, 0.4) is 0 Å². The van der Waals surface area contributed by atoms with Gasteiger partial charge in [-0.1, -0.05) is 90.5 Å². The van der Waals surface area contributed by atoms with Crippen LogP contribution in [0.2, 0.25) is 5.02 Å². The van der Waals surface area contributed by atoms with Crippen LogP contribution in [0.25, 0.3) is 33.4 Å². The van der Waals surface area contributed by atoms with Gasteiger partial charge in [-0.3, -0.25) is 0 Å². The van der Waals surface area contributed by atoms with E-state index in [0.29, 0.717) is 0 Å². The summed E-state index contributed by atoms with van der Waals surface area (Å²) in [4.78, 5) is 0. The minimum atomic E-state index is 0.751. The smallest absolute Gasteiger partial charge is 0.0418 e. The van der Waals surface area contributed by atoms with Crippen molar-refractivity contribution in [2.45, 2.75) is 0 Å². The van der Waals surface area contributed by atoms with E-state index in [1.807, 2.05) is 36.4 Å². The van der Waals surface area contributed by atoms with E-state index in [1.54, 1.807) is 0 Å². The molecule has 0 heterocycles. The third kappa shape index (κ3) is 3.50. The van der Waals surface area contributed by atoms with Crippen molar-refractivity contribution in [2.75, 3.05) is 0 Å². The molecule has 0 spiro atoms. The molecule has 0 aliphatic carbocycles. The molecule has 25 heavy (non-hydrogen) atoms. The fraction of sp³-hybridized carbons (Fsp3) is 0. The Kier molecular flexibility index (Phi) is 4.37. The lowest BCUT2D eigenvalue weighted by atomic mass is 9.96. The second-order valence-corrected chi connectivity index (χ2v) is 6.48.